The Morgan fingerprint density at radius 2 is 2.22 bits per heavy atom. The van der Waals surface area contributed by atoms with Crippen molar-refractivity contribution in [1.29, 1.82) is 0 Å². The number of amides is 3. The molecule has 0 spiro atoms. The number of benzene rings is 1. The summed E-state index contributed by atoms with van der Waals surface area (Å²) in [5.74, 6) is -0.298. The van der Waals surface area contributed by atoms with Gasteiger partial charge in [-0.05, 0) is 12.5 Å². The standard InChI is InChI=1S/C17H20FN3O2/c1-20-15-9-10-21(11-14(15)19-17(20)23)16(22)8-4-6-12-5-2-3-7-13(12)18/h2-7,14-15H,8-11H2,1H3,(H,19,23)/b6-4+/t14-,15+/m1/s1. The van der Waals surface area contributed by atoms with Crippen LogP contribution in [0.4, 0.5) is 9.18 Å². The number of carbonyl (C=O) groups excluding carboxylic acids is 2. The number of carbonyl (C=O) groups is 2. The number of urea groups is 1. The van der Waals surface area contributed by atoms with Crippen LogP contribution in [0.1, 0.15) is 18.4 Å². The van der Waals surface area contributed by atoms with Crippen LogP contribution in [0.25, 0.3) is 6.08 Å². The zero-order valence-corrected chi connectivity index (χ0v) is 13.0. The lowest BCUT2D eigenvalue weighted by molar-refractivity contribution is -0.131. The van der Waals surface area contributed by atoms with Crippen molar-refractivity contribution in [1.82, 2.24) is 15.1 Å². The summed E-state index contributed by atoms with van der Waals surface area (Å²) in [7, 11) is 1.79. The lowest BCUT2D eigenvalue weighted by Crippen LogP contribution is -2.52. The highest BCUT2D eigenvalue weighted by Gasteiger charge is 2.41. The maximum absolute atomic E-state index is 13.5. The molecule has 0 unspecified atom stereocenters. The molecule has 5 nitrogen and oxygen atoms in total. The second-order valence-corrected chi connectivity index (χ2v) is 5.99. The molecule has 0 aromatic heterocycles. The van der Waals surface area contributed by atoms with Gasteiger partial charge >= 0.3 is 6.03 Å². The summed E-state index contributed by atoms with van der Waals surface area (Å²) in [6, 6.07) is 6.55. The normalized spacial score (nSPS) is 24.0. The molecular weight excluding hydrogens is 297 g/mol. The zero-order chi connectivity index (χ0) is 16.4. The molecule has 3 rings (SSSR count). The highest BCUT2D eigenvalue weighted by Crippen LogP contribution is 2.21. The number of likely N-dealkylation sites (N-methyl/N-ethyl adjacent to an activating group) is 1. The van der Waals surface area contributed by atoms with Crippen molar-refractivity contribution in [2.45, 2.75) is 24.9 Å². The van der Waals surface area contributed by atoms with E-state index in [0.29, 0.717) is 18.7 Å². The Morgan fingerprint density at radius 3 is 3.00 bits per heavy atom. The molecule has 23 heavy (non-hydrogen) atoms. The van der Waals surface area contributed by atoms with Crippen molar-refractivity contribution >= 4 is 18.0 Å². The molecule has 2 aliphatic rings. The molecule has 6 heteroatoms. The van der Waals surface area contributed by atoms with Crippen LogP contribution in [-0.2, 0) is 4.79 Å². The molecule has 0 bridgehead atoms. The van der Waals surface area contributed by atoms with Crippen molar-refractivity contribution in [3.8, 4) is 0 Å². The first-order valence-electron chi connectivity index (χ1n) is 7.78. The minimum Gasteiger partial charge on any atom is -0.340 e. The van der Waals surface area contributed by atoms with E-state index in [9.17, 15) is 14.0 Å². The Balaban J connectivity index is 1.55. The summed E-state index contributed by atoms with van der Waals surface area (Å²) >= 11 is 0. The average Bonchev–Trinajstić information content (AvgIpc) is 2.83. The van der Waals surface area contributed by atoms with Gasteiger partial charge in [0, 0.05) is 32.1 Å². The third-order valence-electron chi connectivity index (χ3n) is 4.55. The fraction of sp³-hybridized carbons (Fsp3) is 0.412. The summed E-state index contributed by atoms with van der Waals surface area (Å²) in [5.41, 5.74) is 0.476. The number of fused-ring (bicyclic) bond motifs is 1. The van der Waals surface area contributed by atoms with E-state index in [-0.39, 0.29) is 36.3 Å². The lowest BCUT2D eigenvalue weighted by atomic mass is 10.00. The van der Waals surface area contributed by atoms with E-state index in [1.54, 1.807) is 47.2 Å². The fourth-order valence-electron chi connectivity index (χ4n) is 3.21. The largest absolute Gasteiger partial charge is 0.340 e. The molecule has 0 saturated carbocycles. The molecule has 2 saturated heterocycles. The number of hydrogen-bond acceptors (Lipinski definition) is 2. The van der Waals surface area contributed by atoms with Gasteiger partial charge in [0.25, 0.3) is 0 Å². The summed E-state index contributed by atoms with van der Waals surface area (Å²) in [5, 5.41) is 2.91. The zero-order valence-electron chi connectivity index (χ0n) is 13.0. The number of halogens is 1. The van der Waals surface area contributed by atoms with Gasteiger partial charge in [0.2, 0.25) is 5.91 Å². The van der Waals surface area contributed by atoms with Crippen molar-refractivity contribution < 1.29 is 14.0 Å². The van der Waals surface area contributed by atoms with Crippen LogP contribution in [0.15, 0.2) is 30.3 Å². The van der Waals surface area contributed by atoms with Gasteiger partial charge in [-0.25, -0.2) is 9.18 Å². The van der Waals surface area contributed by atoms with Crippen LogP contribution in [0.3, 0.4) is 0 Å². The Kier molecular flexibility index (Phi) is 4.32. The first kappa shape index (κ1) is 15.5. The van der Waals surface area contributed by atoms with Crippen molar-refractivity contribution in [3.63, 3.8) is 0 Å². The minimum absolute atomic E-state index is 0.000147. The Hall–Kier alpha value is -2.37. The summed E-state index contributed by atoms with van der Waals surface area (Å²) in [6.45, 7) is 1.18. The molecule has 3 amide bonds. The van der Waals surface area contributed by atoms with Gasteiger partial charge in [-0.2, -0.15) is 0 Å². The monoisotopic (exact) mass is 317 g/mol. The minimum atomic E-state index is -0.297. The summed E-state index contributed by atoms with van der Waals surface area (Å²) < 4.78 is 13.5. The molecular formula is C17H20FN3O2. The molecule has 122 valence electrons. The third-order valence-corrected chi connectivity index (χ3v) is 4.55. The van der Waals surface area contributed by atoms with Crippen molar-refractivity contribution in [3.05, 3.63) is 41.7 Å². The predicted octanol–water partition coefficient (Wildman–Crippen LogP) is 1.85. The molecule has 2 fully saturated rings. The molecule has 2 atom stereocenters. The summed E-state index contributed by atoms with van der Waals surface area (Å²) in [6.07, 6.45) is 4.33. The smallest absolute Gasteiger partial charge is 0.317 e. The van der Waals surface area contributed by atoms with E-state index in [2.05, 4.69) is 5.32 Å². The van der Waals surface area contributed by atoms with Gasteiger partial charge in [-0.1, -0.05) is 30.4 Å². The van der Waals surface area contributed by atoms with Crippen LogP contribution in [-0.4, -0.2) is 54.0 Å². The maximum atomic E-state index is 13.5. The van der Waals surface area contributed by atoms with Crippen LogP contribution >= 0.6 is 0 Å². The molecule has 0 radical (unpaired) electrons. The van der Waals surface area contributed by atoms with Gasteiger partial charge in [-0.15, -0.1) is 0 Å². The van der Waals surface area contributed by atoms with Gasteiger partial charge in [0.05, 0.1) is 12.1 Å². The maximum Gasteiger partial charge on any atom is 0.317 e. The van der Waals surface area contributed by atoms with E-state index < -0.39 is 0 Å². The number of hydrogen-bond donors (Lipinski definition) is 1. The Morgan fingerprint density at radius 1 is 1.43 bits per heavy atom. The van der Waals surface area contributed by atoms with Gasteiger partial charge in [-0.3, -0.25) is 4.79 Å². The topological polar surface area (TPSA) is 52.7 Å². The van der Waals surface area contributed by atoms with Gasteiger partial charge in [0.1, 0.15) is 5.82 Å². The number of likely N-dealkylation sites (tertiary alicyclic amines) is 1. The highest BCUT2D eigenvalue weighted by atomic mass is 19.1. The van der Waals surface area contributed by atoms with Crippen molar-refractivity contribution in [2.75, 3.05) is 20.1 Å². The average molecular weight is 317 g/mol. The Labute approximate surface area is 134 Å². The molecule has 0 aliphatic carbocycles. The van der Waals surface area contributed by atoms with Crippen LogP contribution in [0.5, 0.6) is 0 Å². The van der Waals surface area contributed by atoms with E-state index in [4.69, 9.17) is 0 Å². The highest BCUT2D eigenvalue weighted by molar-refractivity contribution is 5.80. The number of rotatable bonds is 3. The third kappa shape index (κ3) is 3.21. The molecule has 1 aromatic rings. The van der Waals surface area contributed by atoms with E-state index in [1.807, 2.05) is 0 Å². The molecule has 1 aromatic carbocycles. The number of nitrogens with one attached hydrogen (secondary N) is 1. The Bertz CT molecular complexity index is 646. The lowest BCUT2D eigenvalue weighted by Gasteiger charge is -2.35. The quantitative estimate of drug-likeness (QED) is 0.925. The van der Waals surface area contributed by atoms with Gasteiger partial charge in [0.15, 0.2) is 0 Å². The van der Waals surface area contributed by atoms with E-state index in [1.165, 1.54) is 6.07 Å². The van der Waals surface area contributed by atoms with Crippen LogP contribution in [0, 0.1) is 5.82 Å². The number of piperidine rings is 1. The first-order chi connectivity index (χ1) is 11.1. The first-order valence-corrected chi connectivity index (χ1v) is 7.78. The number of nitrogens with zero attached hydrogens (tertiary/aromatic N) is 2. The second-order valence-electron chi connectivity index (χ2n) is 5.99. The fourth-order valence-corrected chi connectivity index (χ4v) is 3.21. The predicted molar refractivity (Wildman–Crippen MR) is 85.1 cm³/mol. The van der Waals surface area contributed by atoms with E-state index in [0.717, 1.165) is 6.42 Å². The van der Waals surface area contributed by atoms with E-state index >= 15 is 0 Å². The second kappa shape index (κ2) is 6.40. The molecule has 2 aliphatic heterocycles. The summed E-state index contributed by atoms with van der Waals surface area (Å²) in [4.78, 5) is 27.4. The van der Waals surface area contributed by atoms with Crippen molar-refractivity contribution in [2.24, 2.45) is 0 Å². The van der Waals surface area contributed by atoms with Crippen LogP contribution < -0.4 is 5.32 Å². The molecule has 1 N–H and O–H groups in total. The SMILES string of the molecule is CN1C(=O)N[C@@H]2CN(C(=O)C/C=C/c3ccccc3F)CC[C@@H]21. The molecule has 2 heterocycles. The van der Waals surface area contributed by atoms with Gasteiger partial charge < -0.3 is 15.1 Å². The van der Waals surface area contributed by atoms with Crippen LogP contribution in [0.2, 0.25) is 0 Å².